The SMILES string of the molecule is COSC1=CCOC=C1. The molecule has 0 fully saturated rings. The Morgan fingerprint density at radius 2 is 2.67 bits per heavy atom. The van der Waals surface area contributed by atoms with Crippen LogP contribution in [-0.4, -0.2) is 13.7 Å². The van der Waals surface area contributed by atoms with E-state index in [1.165, 1.54) is 12.0 Å². The Balaban J connectivity index is 2.38. The van der Waals surface area contributed by atoms with Crippen molar-refractivity contribution in [1.29, 1.82) is 0 Å². The number of allylic oxidation sites excluding steroid dienone is 1. The molecule has 0 unspecified atom stereocenters. The summed E-state index contributed by atoms with van der Waals surface area (Å²) in [4.78, 5) is 1.10. The maximum Gasteiger partial charge on any atom is 0.107 e. The van der Waals surface area contributed by atoms with Gasteiger partial charge in [0.05, 0.1) is 13.4 Å². The first kappa shape index (κ1) is 6.71. The van der Waals surface area contributed by atoms with Gasteiger partial charge in [0.25, 0.3) is 0 Å². The Labute approximate surface area is 58.7 Å². The van der Waals surface area contributed by atoms with E-state index in [-0.39, 0.29) is 0 Å². The van der Waals surface area contributed by atoms with Crippen LogP contribution in [0, 0.1) is 0 Å². The van der Waals surface area contributed by atoms with E-state index >= 15 is 0 Å². The van der Waals surface area contributed by atoms with Gasteiger partial charge in [-0.3, -0.25) is 0 Å². The molecule has 2 nitrogen and oxygen atoms in total. The van der Waals surface area contributed by atoms with Gasteiger partial charge in [-0.05, 0) is 12.2 Å². The Morgan fingerprint density at radius 3 is 3.22 bits per heavy atom. The normalized spacial score (nSPS) is 16.8. The monoisotopic (exact) mass is 144 g/mol. The summed E-state index contributed by atoms with van der Waals surface area (Å²) >= 11 is 1.35. The standard InChI is InChI=1S/C6H8O2S/c1-7-9-6-2-4-8-5-3-6/h2-4H,5H2,1H3. The lowest BCUT2D eigenvalue weighted by molar-refractivity contribution is 0.285. The van der Waals surface area contributed by atoms with E-state index in [9.17, 15) is 0 Å². The van der Waals surface area contributed by atoms with Crippen molar-refractivity contribution >= 4 is 12.0 Å². The first-order chi connectivity index (χ1) is 4.43. The highest BCUT2D eigenvalue weighted by molar-refractivity contribution is 7.98. The predicted octanol–water partition coefficient (Wildman–Crippen LogP) is 1.71. The minimum absolute atomic E-state index is 0.655. The zero-order chi connectivity index (χ0) is 6.53. The average Bonchev–Trinajstić information content (AvgIpc) is 1.91. The zero-order valence-corrected chi connectivity index (χ0v) is 5.98. The predicted molar refractivity (Wildman–Crippen MR) is 37.8 cm³/mol. The van der Waals surface area contributed by atoms with Gasteiger partial charge in [-0.2, -0.15) is 0 Å². The van der Waals surface area contributed by atoms with Crippen LogP contribution in [0.3, 0.4) is 0 Å². The molecule has 3 heteroatoms. The van der Waals surface area contributed by atoms with Crippen LogP contribution in [0.15, 0.2) is 23.3 Å². The first-order valence-corrected chi connectivity index (χ1v) is 3.36. The van der Waals surface area contributed by atoms with Gasteiger partial charge in [0.1, 0.15) is 6.61 Å². The summed E-state index contributed by atoms with van der Waals surface area (Å²) in [6.07, 6.45) is 5.51. The highest BCUT2D eigenvalue weighted by Crippen LogP contribution is 2.18. The average molecular weight is 144 g/mol. The minimum Gasteiger partial charge on any atom is -0.497 e. The van der Waals surface area contributed by atoms with Crippen LogP contribution < -0.4 is 0 Å². The van der Waals surface area contributed by atoms with Gasteiger partial charge in [0, 0.05) is 16.9 Å². The van der Waals surface area contributed by atoms with Crippen molar-refractivity contribution in [2.24, 2.45) is 0 Å². The van der Waals surface area contributed by atoms with Gasteiger partial charge in [0.15, 0.2) is 0 Å². The van der Waals surface area contributed by atoms with E-state index in [0.29, 0.717) is 6.61 Å². The molecule has 1 aliphatic rings. The van der Waals surface area contributed by atoms with E-state index in [1.807, 2.05) is 12.2 Å². The highest BCUT2D eigenvalue weighted by Gasteiger charge is 1.95. The molecule has 0 atom stereocenters. The third kappa shape index (κ3) is 2.11. The Hall–Kier alpha value is -0.410. The first-order valence-electron chi connectivity index (χ1n) is 2.62. The van der Waals surface area contributed by atoms with Gasteiger partial charge in [-0.25, -0.2) is 0 Å². The van der Waals surface area contributed by atoms with E-state index in [4.69, 9.17) is 8.92 Å². The molecular formula is C6H8O2S. The van der Waals surface area contributed by atoms with Gasteiger partial charge < -0.3 is 8.92 Å². The summed E-state index contributed by atoms with van der Waals surface area (Å²) in [7, 11) is 1.65. The van der Waals surface area contributed by atoms with E-state index in [2.05, 4.69) is 0 Å². The molecule has 0 saturated heterocycles. The van der Waals surface area contributed by atoms with Crippen molar-refractivity contribution in [2.45, 2.75) is 0 Å². The quantitative estimate of drug-likeness (QED) is 0.550. The third-order valence-corrected chi connectivity index (χ3v) is 1.55. The van der Waals surface area contributed by atoms with Crippen molar-refractivity contribution < 1.29 is 8.92 Å². The van der Waals surface area contributed by atoms with Crippen molar-refractivity contribution in [3.05, 3.63) is 23.3 Å². The Bertz CT molecular complexity index is 140. The van der Waals surface area contributed by atoms with E-state index in [1.54, 1.807) is 13.4 Å². The van der Waals surface area contributed by atoms with Gasteiger partial charge in [0.2, 0.25) is 0 Å². The summed E-state index contributed by atoms with van der Waals surface area (Å²) in [6.45, 7) is 0.655. The molecule has 0 aromatic heterocycles. The lowest BCUT2D eigenvalue weighted by Gasteiger charge is -2.04. The molecule has 0 aromatic carbocycles. The molecule has 50 valence electrons. The summed E-state index contributed by atoms with van der Waals surface area (Å²) < 4.78 is 9.74. The zero-order valence-electron chi connectivity index (χ0n) is 5.16. The summed E-state index contributed by atoms with van der Waals surface area (Å²) in [5.41, 5.74) is 0. The number of ether oxygens (including phenoxy) is 1. The molecule has 0 bridgehead atoms. The fourth-order valence-electron chi connectivity index (χ4n) is 0.527. The second kappa shape index (κ2) is 3.58. The molecule has 0 aliphatic carbocycles. The highest BCUT2D eigenvalue weighted by atomic mass is 32.2. The van der Waals surface area contributed by atoms with Crippen LogP contribution >= 0.6 is 12.0 Å². The van der Waals surface area contributed by atoms with Crippen LogP contribution in [0.2, 0.25) is 0 Å². The van der Waals surface area contributed by atoms with Gasteiger partial charge in [-0.15, -0.1) is 0 Å². The van der Waals surface area contributed by atoms with Crippen LogP contribution in [0.25, 0.3) is 0 Å². The molecule has 0 amide bonds. The molecule has 0 spiro atoms. The van der Waals surface area contributed by atoms with Crippen molar-refractivity contribution in [1.82, 2.24) is 0 Å². The minimum atomic E-state index is 0.655. The second-order valence-corrected chi connectivity index (χ2v) is 2.46. The van der Waals surface area contributed by atoms with Crippen LogP contribution in [0.1, 0.15) is 0 Å². The molecule has 1 heterocycles. The molecular weight excluding hydrogens is 136 g/mol. The van der Waals surface area contributed by atoms with Crippen molar-refractivity contribution in [3.8, 4) is 0 Å². The third-order valence-electron chi connectivity index (χ3n) is 0.889. The molecule has 0 N–H and O–H groups in total. The molecule has 0 radical (unpaired) electrons. The fourth-order valence-corrected chi connectivity index (χ4v) is 0.967. The lowest BCUT2D eigenvalue weighted by Crippen LogP contribution is -1.88. The second-order valence-electron chi connectivity index (χ2n) is 1.49. The Morgan fingerprint density at radius 1 is 1.78 bits per heavy atom. The van der Waals surface area contributed by atoms with Crippen molar-refractivity contribution in [3.63, 3.8) is 0 Å². The van der Waals surface area contributed by atoms with E-state index < -0.39 is 0 Å². The molecule has 1 rings (SSSR count). The summed E-state index contributed by atoms with van der Waals surface area (Å²) in [5.74, 6) is 0. The van der Waals surface area contributed by atoms with Gasteiger partial charge in [-0.1, -0.05) is 0 Å². The fraction of sp³-hybridized carbons (Fsp3) is 0.333. The molecule has 0 saturated carbocycles. The number of rotatable bonds is 2. The molecule has 1 aliphatic heterocycles. The Kier molecular flexibility index (Phi) is 2.67. The smallest absolute Gasteiger partial charge is 0.107 e. The van der Waals surface area contributed by atoms with Crippen LogP contribution in [0.4, 0.5) is 0 Å². The van der Waals surface area contributed by atoms with Crippen LogP contribution in [-0.2, 0) is 8.92 Å². The topological polar surface area (TPSA) is 18.5 Å². The maximum atomic E-state index is 4.92. The summed E-state index contributed by atoms with van der Waals surface area (Å²) in [5, 5.41) is 0. The van der Waals surface area contributed by atoms with Gasteiger partial charge >= 0.3 is 0 Å². The number of hydrogen-bond donors (Lipinski definition) is 0. The number of hydrogen-bond acceptors (Lipinski definition) is 3. The lowest BCUT2D eigenvalue weighted by atomic mass is 10.4. The maximum absolute atomic E-state index is 4.92. The van der Waals surface area contributed by atoms with Crippen molar-refractivity contribution in [2.75, 3.05) is 13.7 Å². The molecule has 9 heavy (non-hydrogen) atoms. The largest absolute Gasteiger partial charge is 0.497 e. The van der Waals surface area contributed by atoms with Crippen LogP contribution in [0.5, 0.6) is 0 Å². The molecule has 0 aromatic rings. The van der Waals surface area contributed by atoms with E-state index in [0.717, 1.165) is 4.91 Å². The summed E-state index contributed by atoms with van der Waals surface area (Å²) in [6, 6.07) is 0.